The molecule has 0 aromatic carbocycles. The van der Waals surface area contributed by atoms with Gasteiger partial charge in [0, 0.05) is 32.9 Å². The van der Waals surface area contributed by atoms with Crippen molar-refractivity contribution < 1.29 is 0 Å². The second kappa shape index (κ2) is 2.21. The quantitative estimate of drug-likeness (QED) is 0.456. The minimum absolute atomic E-state index is 0.656. The minimum Gasteiger partial charge on any atom is -0.316 e. The van der Waals surface area contributed by atoms with E-state index in [-0.39, 0.29) is 0 Å². The van der Waals surface area contributed by atoms with Crippen LogP contribution in [0.5, 0.6) is 0 Å². The molecule has 1 aliphatic heterocycles. The molecule has 2 aliphatic rings. The Kier molecular flexibility index (Phi) is 1.42. The number of hydrogen-bond donors (Lipinski definition) is 1. The smallest absolute Gasteiger partial charge is 0.0479 e. The lowest BCUT2D eigenvalue weighted by molar-refractivity contribution is -0.0251. The summed E-state index contributed by atoms with van der Waals surface area (Å²) in [4.78, 5) is 0. The lowest BCUT2D eigenvalue weighted by Crippen LogP contribution is -2.64. The van der Waals surface area contributed by atoms with Gasteiger partial charge in [0.1, 0.15) is 0 Å². The van der Waals surface area contributed by atoms with E-state index in [0.29, 0.717) is 11.5 Å². The highest BCUT2D eigenvalue weighted by atomic mass is 15.4. The van der Waals surface area contributed by atoms with Gasteiger partial charge in [0.2, 0.25) is 0 Å². The van der Waals surface area contributed by atoms with Crippen molar-refractivity contribution in [3.63, 3.8) is 0 Å². The summed E-state index contributed by atoms with van der Waals surface area (Å²) in [5.74, 6) is 0. The van der Waals surface area contributed by atoms with Gasteiger partial charge in [-0.3, -0.25) is 5.01 Å². The summed E-state index contributed by atoms with van der Waals surface area (Å²) >= 11 is 0. The molecule has 2 fully saturated rings. The van der Waals surface area contributed by atoms with Crippen molar-refractivity contribution in [3.8, 4) is 0 Å². The van der Waals surface area contributed by atoms with Crippen LogP contribution in [-0.4, -0.2) is 37.9 Å². The van der Waals surface area contributed by atoms with E-state index in [9.17, 15) is 0 Å². The molecule has 0 unspecified atom stereocenters. The normalized spacial score (nSPS) is 27.4. The number of nitrogens with one attached hydrogen (secondary N) is 1. The van der Waals surface area contributed by atoms with Gasteiger partial charge in [-0.1, -0.05) is 0 Å². The topological polar surface area (TPSA) is 27.6 Å². The SMILES string of the molecule is C=NN(C)C1CC2(CNC2)C1. The molecule has 3 heteroatoms. The van der Waals surface area contributed by atoms with Gasteiger partial charge < -0.3 is 5.32 Å². The van der Waals surface area contributed by atoms with E-state index < -0.39 is 0 Å². The number of nitrogens with zero attached hydrogens (tertiary/aromatic N) is 2. The maximum Gasteiger partial charge on any atom is 0.0479 e. The monoisotopic (exact) mass is 153 g/mol. The molecule has 3 nitrogen and oxygen atoms in total. The molecule has 1 N–H and O–H groups in total. The molecule has 1 saturated carbocycles. The second-order valence-corrected chi connectivity index (χ2v) is 3.88. The van der Waals surface area contributed by atoms with Gasteiger partial charge in [-0.25, -0.2) is 0 Å². The predicted octanol–water partition coefficient (Wildman–Crippen LogP) is 0.286. The maximum atomic E-state index is 3.90. The Balaban J connectivity index is 1.82. The largest absolute Gasteiger partial charge is 0.316 e. The summed E-state index contributed by atoms with van der Waals surface area (Å²) in [5.41, 5.74) is 0.656. The molecule has 0 aromatic rings. The highest BCUT2D eigenvalue weighted by Gasteiger charge is 2.49. The third-order valence-electron chi connectivity index (χ3n) is 3.09. The first-order valence-corrected chi connectivity index (χ1v) is 4.16. The van der Waals surface area contributed by atoms with Crippen molar-refractivity contribution in [1.82, 2.24) is 10.3 Å². The molecular weight excluding hydrogens is 138 g/mol. The minimum atomic E-state index is 0.656. The van der Waals surface area contributed by atoms with E-state index in [1.807, 2.05) is 12.1 Å². The highest BCUT2D eigenvalue weighted by Crippen LogP contribution is 2.46. The van der Waals surface area contributed by atoms with E-state index in [0.717, 1.165) is 0 Å². The van der Waals surface area contributed by atoms with Gasteiger partial charge in [0.25, 0.3) is 0 Å². The zero-order valence-corrected chi connectivity index (χ0v) is 7.01. The van der Waals surface area contributed by atoms with Crippen molar-refractivity contribution in [2.24, 2.45) is 10.5 Å². The van der Waals surface area contributed by atoms with Crippen LogP contribution in [0.1, 0.15) is 12.8 Å². The summed E-state index contributed by atoms with van der Waals surface area (Å²) in [5, 5.41) is 9.20. The van der Waals surface area contributed by atoms with Gasteiger partial charge in [0.05, 0.1) is 0 Å². The lowest BCUT2D eigenvalue weighted by atomic mass is 9.61. The van der Waals surface area contributed by atoms with Gasteiger partial charge in [0.15, 0.2) is 0 Å². The van der Waals surface area contributed by atoms with E-state index in [1.54, 1.807) is 0 Å². The fourth-order valence-corrected chi connectivity index (χ4v) is 2.09. The number of hydrogen-bond acceptors (Lipinski definition) is 3. The van der Waals surface area contributed by atoms with E-state index in [2.05, 4.69) is 17.1 Å². The van der Waals surface area contributed by atoms with Gasteiger partial charge in [-0.2, -0.15) is 5.10 Å². The highest BCUT2D eigenvalue weighted by molar-refractivity contribution is 5.22. The molecule has 0 atom stereocenters. The maximum absolute atomic E-state index is 3.90. The molecule has 1 spiro atoms. The summed E-state index contributed by atoms with van der Waals surface area (Å²) in [6.07, 6.45) is 2.60. The number of rotatable bonds is 2. The van der Waals surface area contributed by atoms with Crippen LogP contribution in [0.25, 0.3) is 0 Å². The molecule has 0 amide bonds. The van der Waals surface area contributed by atoms with Gasteiger partial charge in [-0.15, -0.1) is 0 Å². The third kappa shape index (κ3) is 0.948. The molecule has 0 bridgehead atoms. The van der Waals surface area contributed by atoms with Crippen LogP contribution in [0.2, 0.25) is 0 Å². The Hall–Kier alpha value is -0.570. The average Bonchev–Trinajstić information content (AvgIpc) is 1.81. The Morgan fingerprint density at radius 1 is 1.55 bits per heavy atom. The van der Waals surface area contributed by atoms with Crippen LogP contribution >= 0.6 is 0 Å². The van der Waals surface area contributed by atoms with Crippen molar-refractivity contribution in [3.05, 3.63) is 0 Å². The fourth-order valence-electron chi connectivity index (χ4n) is 2.09. The summed E-state index contributed by atoms with van der Waals surface area (Å²) in [6.45, 7) is 5.95. The van der Waals surface area contributed by atoms with E-state index >= 15 is 0 Å². The van der Waals surface area contributed by atoms with Gasteiger partial charge in [-0.05, 0) is 18.3 Å². The van der Waals surface area contributed by atoms with E-state index in [4.69, 9.17) is 0 Å². The fraction of sp³-hybridized carbons (Fsp3) is 0.875. The zero-order valence-electron chi connectivity index (χ0n) is 7.01. The first kappa shape index (κ1) is 7.10. The standard InChI is InChI=1S/C8H15N3/c1-9-11(2)7-3-8(4-7)5-10-6-8/h7,10H,1,3-6H2,2H3. The van der Waals surface area contributed by atoms with Crippen LogP contribution in [-0.2, 0) is 0 Å². The first-order valence-electron chi connectivity index (χ1n) is 4.16. The van der Waals surface area contributed by atoms with Crippen molar-refractivity contribution in [2.75, 3.05) is 20.1 Å². The lowest BCUT2D eigenvalue weighted by Gasteiger charge is -2.55. The average molecular weight is 153 g/mol. The van der Waals surface area contributed by atoms with Crippen molar-refractivity contribution in [1.29, 1.82) is 0 Å². The van der Waals surface area contributed by atoms with Crippen LogP contribution in [0, 0.1) is 5.41 Å². The predicted molar refractivity (Wildman–Crippen MR) is 45.6 cm³/mol. The Morgan fingerprint density at radius 3 is 2.55 bits per heavy atom. The molecule has 1 saturated heterocycles. The van der Waals surface area contributed by atoms with Crippen molar-refractivity contribution >= 4 is 6.72 Å². The zero-order chi connectivity index (χ0) is 7.90. The summed E-state index contributed by atoms with van der Waals surface area (Å²) in [7, 11) is 2.01. The van der Waals surface area contributed by atoms with Gasteiger partial charge >= 0.3 is 0 Å². The van der Waals surface area contributed by atoms with Crippen LogP contribution in [0.4, 0.5) is 0 Å². The third-order valence-corrected chi connectivity index (χ3v) is 3.09. The molecule has 1 heterocycles. The summed E-state index contributed by atoms with van der Waals surface area (Å²) < 4.78 is 0. The molecule has 2 rings (SSSR count). The van der Waals surface area contributed by atoms with E-state index in [1.165, 1.54) is 25.9 Å². The Bertz CT molecular complexity index is 166. The first-order chi connectivity index (χ1) is 5.26. The molecule has 62 valence electrons. The molecule has 0 aromatic heterocycles. The van der Waals surface area contributed by atoms with Crippen LogP contribution < -0.4 is 5.32 Å². The second-order valence-electron chi connectivity index (χ2n) is 3.88. The van der Waals surface area contributed by atoms with Crippen LogP contribution in [0.15, 0.2) is 5.10 Å². The Morgan fingerprint density at radius 2 is 2.18 bits per heavy atom. The number of hydrazone groups is 1. The molecular formula is C8H15N3. The summed E-state index contributed by atoms with van der Waals surface area (Å²) in [6, 6.07) is 0.662. The Labute approximate surface area is 67.5 Å². The van der Waals surface area contributed by atoms with Crippen LogP contribution in [0.3, 0.4) is 0 Å². The molecule has 0 radical (unpaired) electrons. The molecule has 1 aliphatic carbocycles. The van der Waals surface area contributed by atoms with Crippen molar-refractivity contribution in [2.45, 2.75) is 18.9 Å². The molecule has 11 heavy (non-hydrogen) atoms.